The largest absolute Gasteiger partial charge is 0.391 e. The van der Waals surface area contributed by atoms with Crippen molar-refractivity contribution in [2.24, 2.45) is 0 Å². The van der Waals surface area contributed by atoms with Crippen molar-refractivity contribution in [3.63, 3.8) is 0 Å². The fourth-order valence-corrected chi connectivity index (χ4v) is 1.95. The standard InChI is InChI=1S/C12H20BrN3O2/c1-3-4-11-15-10(13)7-12(16-11)14-6-5-9(17)8-18-2/h7,9,17H,3-6,8H2,1-2H3,(H,14,15,16). The van der Waals surface area contributed by atoms with Gasteiger partial charge in [0.05, 0.1) is 12.7 Å². The summed E-state index contributed by atoms with van der Waals surface area (Å²) in [6.07, 6.45) is 2.06. The van der Waals surface area contributed by atoms with Crippen molar-refractivity contribution in [2.75, 3.05) is 25.6 Å². The van der Waals surface area contributed by atoms with Crippen molar-refractivity contribution in [3.8, 4) is 0 Å². The number of halogens is 1. The zero-order valence-corrected chi connectivity index (χ0v) is 12.4. The highest BCUT2D eigenvalue weighted by atomic mass is 79.9. The molecule has 0 radical (unpaired) electrons. The van der Waals surface area contributed by atoms with Crippen LogP contribution < -0.4 is 5.32 Å². The predicted molar refractivity (Wildman–Crippen MR) is 74.7 cm³/mol. The van der Waals surface area contributed by atoms with Crippen molar-refractivity contribution in [2.45, 2.75) is 32.3 Å². The molecular formula is C12H20BrN3O2. The van der Waals surface area contributed by atoms with Gasteiger partial charge in [0.25, 0.3) is 0 Å². The lowest BCUT2D eigenvalue weighted by molar-refractivity contribution is 0.0615. The van der Waals surface area contributed by atoms with Gasteiger partial charge >= 0.3 is 0 Å². The van der Waals surface area contributed by atoms with Crippen LogP contribution in [0, 0.1) is 0 Å². The molecule has 2 N–H and O–H groups in total. The highest BCUT2D eigenvalue weighted by molar-refractivity contribution is 9.10. The Morgan fingerprint density at radius 2 is 2.28 bits per heavy atom. The van der Waals surface area contributed by atoms with Gasteiger partial charge in [-0.05, 0) is 28.8 Å². The van der Waals surface area contributed by atoms with E-state index in [0.29, 0.717) is 19.6 Å². The van der Waals surface area contributed by atoms with Gasteiger partial charge < -0.3 is 15.2 Å². The van der Waals surface area contributed by atoms with Gasteiger partial charge in [0.15, 0.2) is 0 Å². The van der Waals surface area contributed by atoms with Gasteiger partial charge in [-0.25, -0.2) is 9.97 Å². The third-order valence-electron chi connectivity index (χ3n) is 2.36. The summed E-state index contributed by atoms with van der Waals surface area (Å²) in [6, 6.07) is 1.84. The minimum atomic E-state index is -0.442. The van der Waals surface area contributed by atoms with Crippen LogP contribution in [0.2, 0.25) is 0 Å². The molecule has 0 aromatic carbocycles. The number of nitrogens with zero attached hydrogens (tertiary/aromatic N) is 2. The average molecular weight is 318 g/mol. The van der Waals surface area contributed by atoms with Crippen molar-refractivity contribution in [1.29, 1.82) is 0 Å². The lowest BCUT2D eigenvalue weighted by atomic mass is 10.2. The van der Waals surface area contributed by atoms with Crippen LogP contribution in [0.15, 0.2) is 10.7 Å². The molecule has 102 valence electrons. The lowest BCUT2D eigenvalue weighted by Gasteiger charge is -2.11. The SMILES string of the molecule is CCCc1nc(Br)cc(NCCC(O)COC)n1. The zero-order chi connectivity index (χ0) is 13.4. The molecule has 5 nitrogen and oxygen atoms in total. The van der Waals surface area contributed by atoms with Crippen molar-refractivity contribution in [3.05, 3.63) is 16.5 Å². The quantitative estimate of drug-likeness (QED) is 0.718. The first-order valence-corrected chi connectivity index (χ1v) is 6.89. The first kappa shape index (κ1) is 15.3. The number of aromatic nitrogens is 2. The number of methoxy groups -OCH3 is 1. The Kier molecular flexibility index (Phi) is 7.15. The van der Waals surface area contributed by atoms with Crippen LogP contribution in [0.5, 0.6) is 0 Å². The second-order valence-corrected chi connectivity index (χ2v) is 4.88. The maximum atomic E-state index is 9.51. The van der Waals surface area contributed by atoms with E-state index in [0.717, 1.165) is 29.1 Å². The van der Waals surface area contributed by atoms with Gasteiger partial charge in [0, 0.05) is 26.1 Å². The molecule has 0 bridgehead atoms. The maximum Gasteiger partial charge on any atom is 0.132 e. The van der Waals surface area contributed by atoms with E-state index in [1.807, 2.05) is 6.07 Å². The molecule has 0 amide bonds. The Morgan fingerprint density at radius 3 is 2.94 bits per heavy atom. The van der Waals surface area contributed by atoms with Crippen LogP contribution in [0.4, 0.5) is 5.82 Å². The molecule has 1 heterocycles. The summed E-state index contributed by atoms with van der Waals surface area (Å²) < 4.78 is 5.64. The summed E-state index contributed by atoms with van der Waals surface area (Å²) in [7, 11) is 1.58. The summed E-state index contributed by atoms with van der Waals surface area (Å²) >= 11 is 3.37. The fraction of sp³-hybridized carbons (Fsp3) is 0.667. The summed E-state index contributed by atoms with van der Waals surface area (Å²) in [4.78, 5) is 8.69. The average Bonchev–Trinajstić information content (AvgIpc) is 2.29. The third-order valence-corrected chi connectivity index (χ3v) is 2.76. The molecule has 0 spiro atoms. The Balaban J connectivity index is 2.46. The number of aliphatic hydroxyl groups is 1. The Morgan fingerprint density at radius 1 is 1.50 bits per heavy atom. The minimum absolute atomic E-state index is 0.357. The van der Waals surface area contributed by atoms with Gasteiger partial charge in [-0.15, -0.1) is 0 Å². The molecule has 0 saturated carbocycles. The summed E-state index contributed by atoms with van der Waals surface area (Å²) in [5.74, 6) is 1.61. The number of hydrogen-bond donors (Lipinski definition) is 2. The topological polar surface area (TPSA) is 67.3 Å². The number of aliphatic hydroxyl groups excluding tert-OH is 1. The fourth-order valence-electron chi connectivity index (χ4n) is 1.53. The number of hydrogen-bond acceptors (Lipinski definition) is 5. The Hall–Kier alpha value is -0.720. The maximum absolute atomic E-state index is 9.51. The van der Waals surface area contributed by atoms with Crippen LogP contribution in [0.3, 0.4) is 0 Å². The molecule has 0 aliphatic rings. The highest BCUT2D eigenvalue weighted by Crippen LogP contribution is 2.13. The number of nitrogens with one attached hydrogen (secondary N) is 1. The molecule has 6 heteroatoms. The van der Waals surface area contributed by atoms with E-state index in [1.54, 1.807) is 7.11 Å². The molecule has 1 unspecified atom stereocenters. The second kappa shape index (κ2) is 8.39. The number of anilines is 1. The van der Waals surface area contributed by atoms with E-state index >= 15 is 0 Å². The number of ether oxygens (including phenoxy) is 1. The Labute approximate surface area is 116 Å². The van der Waals surface area contributed by atoms with Gasteiger partial charge in [-0.2, -0.15) is 0 Å². The minimum Gasteiger partial charge on any atom is -0.391 e. The highest BCUT2D eigenvalue weighted by Gasteiger charge is 2.05. The number of aryl methyl sites for hydroxylation is 1. The molecular weight excluding hydrogens is 298 g/mol. The van der Waals surface area contributed by atoms with Gasteiger partial charge in [0.1, 0.15) is 16.2 Å². The van der Waals surface area contributed by atoms with Crippen LogP contribution >= 0.6 is 15.9 Å². The molecule has 0 aliphatic heterocycles. The predicted octanol–water partition coefficient (Wildman–Crippen LogP) is 2.00. The van der Waals surface area contributed by atoms with Crippen LogP contribution in [-0.4, -0.2) is 41.4 Å². The molecule has 18 heavy (non-hydrogen) atoms. The van der Waals surface area contributed by atoms with Gasteiger partial charge in [-0.1, -0.05) is 6.92 Å². The van der Waals surface area contributed by atoms with E-state index in [4.69, 9.17) is 4.74 Å². The van der Waals surface area contributed by atoms with E-state index in [1.165, 1.54) is 0 Å². The number of rotatable bonds is 8. The van der Waals surface area contributed by atoms with Crippen molar-refractivity contribution >= 4 is 21.7 Å². The molecule has 0 saturated heterocycles. The van der Waals surface area contributed by atoms with Crippen LogP contribution in [0.1, 0.15) is 25.6 Å². The van der Waals surface area contributed by atoms with E-state index in [-0.39, 0.29) is 0 Å². The molecule has 1 rings (SSSR count). The summed E-state index contributed by atoms with van der Waals surface area (Å²) in [6.45, 7) is 3.11. The smallest absolute Gasteiger partial charge is 0.132 e. The molecule has 1 aromatic heterocycles. The first-order valence-electron chi connectivity index (χ1n) is 6.10. The molecule has 1 aromatic rings. The second-order valence-electron chi connectivity index (χ2n) is 4.07. The first-order chi connectivity index (χ1) is 8.65. The zero-order valence-electron chi connectivity index (χ0n) is 10.8. The monoisotopic (exact) mass is 317 g/mol. The van der Waals surface area contributed by atoms with Crippen LogP contribution in [-0.2, 0) is 11.2 Å². The Bertz CT molecular complexity index is 363. The van der Waals surface area contributed by atoms with E-state index < -0.39 is 6.10 Å². The molecule has 0 aliphatic carbocycles. The third kappa shape index (κ3) is 5.75. The summed E-state index contributed by atoms with van der Waals surface area (Å²) in [5, 5.41) is 12.7. The van der Waals surface area contributed by atoms with E-state index in [2.05, 4.69) is 38.1 Å². The van der Waals surface area contributed by atoms with E-state index in [9.17, 15) is 5.11 Å². The summed E-state index contributed by atoms with van der Waals surface area (Å²) in [5.41, 5.74) is 0. The lowest BCUT2D eigenvalue weighted by Crippen LogP contribution is -2.18. The van der Waals surface area contributed by atoms with Gasteiger partial charge in [-0.3, -0.25) is 0 Å². The van der Waals surface area contributed by atoms with Crippen molar-refractivity contribution < 1.29 is 9.84 Å². The molecule has 1 atom stereocenters. The van der Waals surface area contributed by atoms with Gasteiger partial charge in [0.2, 0.25) is 0 Å². The normalized spacial score (nSPS) is 12.4. The van der Waals surface area contributed by atoms with Crippen molar-refractivity contribution in [1.82, 2.24) is 9.97 Å². The van der Waals surface area contributed by atoms with Crippen LogP contribution in [0.25, 0.3) is 0 Å². The molecule has 0 fully saturated rings.